The third-order valence-corrected chi connectivity index (χ3v) is 3.42. The van der Waals surface area contributed by atoms with E-state index in [4.69, 9.17) is 9.57 Å². The van der Waals surface area contributed by atoms with Gasteiger partial charge in [-0.1, -0.05) is 6.92 Å². The number of anilines is 1. The minimum atomic E-state index is -4.55. The summed E-state index contributed by atoms with van der Waals surface area (Å²) in [7, 11) is 3.94. The summed E-state index contributed by atoms with van der Waals surface area (Å²) in [5.74, 6) is -0.218. The van der Waals surface area contributed by atoms with E-state index in [9.17, 15) is 18.0 Å². The summed E-state index contributed by atoms with van der Waals surface area (Å²) in [4.78, 5) is 17.2. The number of carbonyl (C=O) groups is 1. The van der Waals surface area contributed by atoms with E-state index in [-0.39, 0.29) is 11.9 Å². The maximum absolute atomic E-state index is 12.7. The van der Waals surface area contributed by atoms with Crippen molar-refractivity contribution in [2.45, 2.75) is 38.6 Å². The van der Waals surface area contributed by atoms with E-state index in [2.05, 4.69) is 10.4 Å². The van der Waals surface area contributed by atoms with Crippen LogP contribution in [0.15, 0.2) is 6.07 Å². The van der Waals surface area contributed by atoms with Crippen molar-refractivity contribution >= 4 is 11.8 Å². The number of hydroxylamine groups is 2. The van der Waals surface area contributed by atoms with Crippen LogP contribution >= 0.6 is 0 Å². The predicted molar refractivity (Wildman–Crippen MR) is 76.6 cm³/mol. The summed E-state index contributed by atoms with van der Waals surface area (Å²) < 4.78 is 44.1. The highest BCUT2D eigenvalue weighted by atomic mass is 19.4. The largest absolute Gasteiger partial charge is 0.433 e. The molecule has 0 aliphatic heterocycles. The van der Waals surface area contributed by atoms with E-state index in [1.165, 1.54) is 14.2 Å². The number of rotatable bonds is 6. The molecule has 0 aromatic carbocycles. The van der Waals surface area contributed by atoms with Crippen LogP contribution in [0.5, 0.6) is 0 Å². The fraction of sp³-hybridized carbons (Fsp3) is 0.692. The second-order valence-electron chi connectivity index (χ2n) is 4.90. The zero-order chi connectivity index (χ0) is 17.8. The van der Waals surface area contributed by atoms with Crippen LogP contribution < -0.4 is 5.32 Å². The molecule has 1 heterocycles. The molecule has 1 aromatic heterocycles. The van der Waals surface area contributed by atoms with Gasteiger partial charge in [0, 0.05) is 20.2 Å². The highest BCUT2D eigenvalue weighted by molar-refractivity contribution is 5.87. The number of urea groups is 1. The first-order valence-corrected chi connectivity index (χ1v) is 6.94. The summed E-state index contributed by atoms with van der Waals surface area (Å²) in [6, 6.07) is -0.424. The van der Waals surface area contributed by atoms with Crippen LogP contribution in [0.3, 0.4) is 0 Å². The first kappa shape index (κ1) is 19.2. The molecule has 0 saturated heterocycles. The number of nitrogens with one attached hydrogen (secondary N) is 1. The second kappa shape index (κ2) is 7.64. The van der Waals surface area contributed by atoms with Crippen molar-refractivity contribution in [3.63, 3.8) is 0 Å². The van der Waals surface area contributed by atoms with Crippen LogP contribution in [0.2, 0.25) is 0 Å². The second-order valence-corrected chi connectivity index (χ2v) is 4.90. The van der Waals surface area contributed by atoms with Gasteiger partial charge in [-0.3, -0.25) is 14.8 Å². The molecule has 0 fully saturated rings. The molecule has 10 heteroatoms. The highest BCUT2D eigenvalue weighted by Gasteiger charge is 2.35. The van der Waals surface area contributed by atoms with Gasteiger partial charge in [0.2, 0.25) is 0 Å². The molecule has 132 valence electrons. The molecule has 1 N–H and O–H groups in total. The quantitative estimate of drug-likeness (QED) is 0.810. The third-order valence-electron chi connectivity index (χ3n) is 3.42. The smallest absolute Gasteiger partial charge is 0.379 e. The number of nitrogens with zero attached hydrogens (tertiary/aromatic N) is 3. The van der Waals surface area contributed by atoms with Gasteiger partial charge >= 0.3 is 12.2 Å². The third kappa shape index (κ3) is 4.58. The van der Waals surface area contributed by atoms with E-state index in [0.29, 0.717) is 11.1 Å². The number of hydrogen-bond donors (Lipinski definition) is 1. The zero-order valence-corrected chi connectivity index (χ0v) is 13.6. The minimum Gasteiger partial charge on any atom is -0.379 e. The van der Waals surface area contributed by atoms with Crippen molar-refractivity contribution in [2.24, 2.45) is 7.05 Å². The lowest BCUT2D eigenvalue weighted by atomic mass is 10.1. The van der Waals surface area contributed by atoms with Crippen molar-refractivity contribution in [1.82, 2.24) is 14.8 Å². The zero-order valence-electron chi connectivity index (χ0n) is 13.6. The Hall–Kier alpha value is -1.81. The Bertz CT molecular complexity index is 529. The average molecular weight is 338 g/mol. The molecule has 1 rings (SSSR count). The number of amides is 2. The molecule has 0 spiro atoms. The summed E-state index contributed by atoms with van der Waals surface area (Å²) >= 11 is 0. The fourth-order valence-electron chi connectivity index (χ4n) is 2.25. The Morgan fingerprint density at radius 3 is 2.48 bits per heavy atom. The number of hydrogen-bond acceptors (Lipinski definition) is 4. The maximum Gasteiger partial charge on any atom is 0.433 e. The molecular formula is C13H21F3N4O3. The van der Waals surface area contributed by atoms with Gasteiger partial charge in [-0.25, -0.2) is 4.79 Å². The van der Waals surface area contributed by atoms with E-state index < -0.39 is 23.9 Å². The number of alkyl halides is 3. The Morgan fingerprint density at radius 1 is 1.48 bits per heavy atom. The topological polar surface area (TPSA) is 68.6 Å². The molecule has 2 unspecified atom stereocenters. The van der Waals surface area contributed by atoms with Gasteiger partial charge in [0.25, 0.3) is 0 Å². The first-order valence-electron chi connectivity index (χ1n) is 6.94. The lowest BCUT2D eigenvalue weighted by Gasteiger charge is -2.31. The monoisotopic (exact) mass is 338 g/mol. The van der Waals surface area contributed by atoms with Crippen molar-refractivity contribution in [2.75, 3.05) is 19.5 Å². The first-order chi connectivity index (χ1) is 10.6. The Labute approximate surface area is 132 Å². The molecule has 0 aliphatic carbocycles. The van der Waals surface area contributed by atoms with Gasteiger partial charge in [-0.2, -0.15) is 23.3 Å². The van der Waals surface area contributed by atoms with Gasteiger partial charge in [0.05, 0.1) is 19.3 Å². The van der Waals surface area contributed by atoms with Crippen LogP contribution in [0.1, 0.15) is 26.0 Å². The summed E-state index contributed by atoms with van der Waals surface area (Å²) in [5.41, 5.74) is -0.965. The average Bonchev–Trinajstić information content (AvgIpc) is 2.81. The number of halogens is 3. The van der Waals surface area contributed by atoms with Crippen LogP contribution in [-0.4, -0.2) is 47.2 Å². The van der Waals surface area contributed by atoms with Crippen molar-refractivity contribution in [3.05, 3.63) is 11.8 Å². The SMILES string of the molecule is CCC(OC)C(C)N(OC)C(=O)Nc1cc(C(F)(F)F)n(C)n1. The lowest BCUT2D eigenvalue weighted by Crippen LogP contribution is -2.47. The van der Waals surface area contributed by atoms with Crippen LogP contribution in [-0.2, 0) is 22.8 Å². The van der Waals surface area contributed by atoms with E-state index in [1.807, 2.05) is 6.92 Å². The summed E-state index contributed by atoms with van der Waals surface area (Å²) in [6.45, 7) is 3.59. The molecule has 0 bridgehead atoms. The molecule has 0 saturated carbocycles. The summed E-state index contributed by atoms with van der Waals surface area (Å²) in [5, 5.41) is 6.91. The molecular weight excluding hydrogens is 317 g/mol. The maximum atomic E-state index is 12.7. The van der Waals surface area contributed by atoms with Gasteiger partial charge in [-0.05, 0) is 13.3 Å². The number of aryl methyl sites for hydroxylation is 1. The van der Waals surface area contributed by atoms with Gasteiger partial charge < -0.3 is 4.74 Å². The van der Waals surface area contributed by atoms with Crippen LogP contribution in [0.4, 0.5) is 23.8 Å². The standard InChI is InChI=1S/C13H21F3N4O3/c1-6-9(22-4)8(2)20(23-5)12(21)17-11-7-10(13(14,15)16)19(3)18-11/h7-9H,6H2,1-5H3,(H,17,18,21). The molecule has 23 heavy (non-hydrogen) atoms. The summed E-state index contributed by atoms with van der Waals surface area (Å²) in [6.07, 6.45) is -4.20. The van der Waals surface area contributed by atoms with Crippen molar-refractivity contribution in [1.29, 1.82) is 0 Å². The number of methoxy groups -OCH3 is 1. The Kier molecular flexibility index (Phi) is 6.39. The molecule has 2 atom stereocenters. The molecule has 1 aromatic rings. The Morgan fingerprint density at radius 2 is 2.09 bits per heavy atom. The molecule has 0 radical (unpaired) electrons. The van der Waals surface area contributed by atoms with E-state index in [1.54, 1.807) is 6.92 Å². The van der Waals surface area contributed by atoms with Crippen LogP contribution in [0, 0.1) is 0 Å². The number of carbonyl (C=O) groups excluding carboxylic acids is 1. The number of ether oxygens (including phenoxy) is 1. The van der Waals surface area contributed by atoms with Gasteiger partial charge in [0.15, 0.2) is 5.82 Å². The Balaban J connectivity index is 2.89. The van der Waals surface area contributed by atoms with Crippen LogP contribution in [0.25, 0.3) is 0 Å². The van der Waals surface area contributed by atoms with E-state index in [0.717, 1.165) is 18.2 Å². The molecule has 0 aliphatic rings. The van der Waals surface area contributed by atoms with Crippen molar-refractivity contribution in [3.8, 4) is 0 Å². The fourth-order valence-corrected chi connectivity index (χ4v) is 2.25. The van der Waals surface area contributed by atoms with Crippen molar-refractivity contribution < 1.29 is 27.5 Å². The van der Waals surface area contributed by atoms with Gasteiger partial charge in [0.1, 0.15) is 5.69 Å². The normalized spacial score (nSPS) is 14.4. The minimum absolute atomic E-state index is 0.218. The van der Waals surface area contributed by atoms with E-state index >= 15 is 0 Å². The number of aromatic nitrogens is 2. The lowest BCUT2D eigenvalue weighted by molar-refractivity contribution is -0.143. The molecule has 2 amide bonds. The molecule has 7 nitrogen and oxygen atoms in total. The highest BCUT2D eigenvalue weighted by Crippen LogP contribution is 2.30. The van der Waals surface area contributed by atoms with Gasteiger partial charge in [-0.15, -0.1) is 0 Å². The predicted octanol–water partition coefficient (Wildman–Crippen LogP) is 2.65.